The van der Waals surface area contributed by atoms with Crippen LogP contribution in [0, 0.1) is 11.3 Å². The van der Waals surface area contributed by atoms with E-state index < -0.39 is 0 Å². The number of nitriles is 1. The van der Waals surface area contributed by atoms with Gasteiger partial charge in [-0.05, 0) is 18.9 Å². The minimum Gasteiger partial charge on any atom is -0.314 e. The molecule has 1 aliphatic rings. The van der Waals surface area contributed by atoms with Crippen molar-refractivity contribution in [1.29, 1.82) is 5.26 Å². The summed E-state index contributed by atoms with van der Waals surface area (Å²) in [7, 11) is 0. The van der Waals surface area contributed by atoms with Crippen molar-refractivity contribution in [1.82, 2.24) is 14.5 Å². The maximum atomic E-state index is 9.16. The molecule has 0 radical (unpaired) electrons. The molecule has 3 rings (SSSR count). The average Bonchev–Trinajstić information content (AvgIpc) is 2.94. The molecule has 0 unspecified atom stereocenters. The zero-order valence-corrected chi connectivity index (χ0v) is 8.93. The van der Waals surface area contributed by atoms with Crippen LogP contribution in [0.1, 0.15) is 37.4 Å². The molecule has 0 N–H and O–H groups in total. The summed E-state index contributed by atoms with van der Waals surface area (Å²) >= 11 is 0. The van der Waals surface area contributed by atoms with E-state index in [-0.39, 0.29) is 0 Å². The molecule has 1 saturated carbocycles. The fraction of sp³-hybridized carbons (Fsp3) is 0.417. The molecule has 0 aliphatic heterocycles. The Hall–Kier alpha value is -1.89. The largest absolute Gasteiger partial charge is 0.314 e. The van der Waals surface area contributed by atoms with E-state index in [2.05, 4.69) is 20.6 Å². The van der Waals surface area contributed by atoms with Gasteiger partial charge in [-0.3, -0.25) is 0 Å². The van der Waals surface area contributed by atoms with Crippen molar-refractivity contribution in [2.24, 2.45) is 0 Å². The number of fused-ring (bicyclic) bond motifs is 1. The topological polar surface area (TPSA) is 54.5 Å². The predicted molar refractivity (Wildman–Crippen MR) is 59.7 cm³/mol. The average molecular weight is 212 g/mol. The van der Waals surface area contributed by atoms with Crippen LogP contribution in [-0.2, 0) is 0 Å². The van der Waals surface area contributed by atoms with Crippen LogP contribution in [-0.4, -0.2) is 14.5 Å². The van der Waals surface area contributed by atoms with E-state index in [0.29, 0.717) is 11.7 Å². The van der Waals surface area contributed by atoms with Crippen LogP contribution in [0.2, 0.25) is 0 Å². The molecule has 16 heavy (non-hydrogen) atoms. The van der Waals surface area contributed by atoms with Gasteiger partial charge in [0.25, 0.3) is 0 Å². The molecule has 0 bridgehead atoms. The molecule has 80 valence electrons. The van der Waals surface area contributed by atoms with Crippen LogP contribution in [0.3, 0.4) is 0 Å². The zero-order chi connectivity index (χ0) is 11.0. The molecule has 0 atom stereocenters. The van der Waals surface area contributed by atoms with Gasteiger partial charge in [-0.15, -0.1) is 0 Å². The van der Waals surface area contributed by atoms with E-state index >= 15 is 0 Å². The third-order valence-electron chi connectivity index (χ3n) is 3.30. The zero-order valence-electron chi connectivity index (χ0n) is 8.93. The molecule has 1 aliphatic carbocycles. The maximum Gasteiger partial charge on any atom is 0.144 e. The summed E-state index contributed by atoms with van der Waals surface area (Å²) in [4.78, 5) is 8.29. The standard InChI is InChI=1S/C12H12N4/c13-6-11-5-9-7-14-8-15-12(9)16(11)10-3-1-2-4-10/h5,7-8,10H,1-4H2. The Morgan fingerprint density at radius 2 is 2.19 bits per heavy atom. The highest BCUT2D eigenvalue weighted by Crippen LogP contribution is 2.33. The Kier molecular flexibility index (Phi) is 2.10. The lowest BCUT2D eigenvalue weighted by Gasteiger charge is -2.13. The van der Waals surface area contributed by atoms with Crippen molar-refractivity contribution in [2.45, 2.75) is 31.7 Å². The normalized spacial score (nSPS) is 16.7. The van der Waals surface area contributed by atoms with E-state index in [4.69, 9.17) is 5.26 Å². The first kappa shape index (κ1) is 9.34. The second-order valence-electron chi connectivity index (χ2n) is 4.25. The summed E-state index contributed by atoms with van der Waals surface area (Å²) in [6, 6.07) is 4.59. The molecule has 0 saturated heterocycles. The van der Waals surface area contributed by atoms with Crippen LogP contribution < -0.4 is 0 Å². The summed E-state index contributed by atoms with van der Waals surface area (Å²) in [6.07, 6.45) is 8.13. The molecular weight excluding hydrogens is 200 g/mol. The molecule has 0 amide bonds. The molecular formula is C12H12N4. The fourth-order valence-electron chi connectivity index (χ4n) is 2.59. The lowest BCUT2D eigenvalue weighted by Crippen LogP contribution is -2.07. The van der Waals surface area contributed by atoms with Gasteiger partial charge < -0.3 is 4.57 Å². The summed E-state index contributed by atoms with van der Waals surface area (Å²) in [6.45, 7) is 0. The lowest BCUT2D eigenvalue weighted by molar-refractivity contribution is 0.528. The first-order valence-electron chi connectivity index (χ1n) is 5.61. The minimum atomic E-state index is 0.446. The van der Waals surface area contributed by atoms with E-state index in [0.717, 1.165) is 23.9 Å². The third kappa shape index (κ3) is 1.28. The molecule has 0 spiro atoms. The molecule has 1 fully saturated rings. The molecule has 2 heterocycles. The number of aromatic nitrogens is 3. The molecule has 2 aromatic heterocycles. The monoisotopic (exact) mass is 212 g/mol. The summed E-state index contributed by atoms with van der Waals surface area (Å²) in [5.74, 6) is 0. The van der Waals surface area contributed by atoms with Gasteiger partial charge in [0.2, 0.25) is 0 Å². The van der Waals surface area contributed by atoms with Gasteiger partial charge in [-0.25, -0.2) is 9.97 Å². The van der Waals surface area contributed by atoms with Gasteiger partial charge in [-0.2, -0.15) is 5.26 Å². The van der Waals surface area contributed by atoms with Gasteiger partial charge in [0.15, 0.2) is 0 Å². The number of rotatable bonds is 1. The van der Waals surface area contributed by atoms with Crippen molar-refractivity contribution in [2.75, 3.05) is 0 Å². The SMILES string of the molecule is N#Cc1cc2cncnc2n1C1CCCC1. The van der Waals surface area contributed by atoms with E-state index in [1.807, 2.05) is 6.07 Å². The summed E-state index contributed by atoms with van der Waals surface area (Å²) < 4.78 is 2.09. The molecule has 4 heteroatoms. The second-order valence-corrected chi connectivity index (χ2v) is 4.25. The first-order chi connectivity index (χ1) is 7.90. The van der Waals surface area contributed by atoms with Crippen LogP contribution in [0.15, 0.2) is 18.6 Å². The molecule has 0 aromatic carbocycles. The van der Waals surface area contributed by atoms with Crippen LogP contribution in [0.25, 0.3) is 11.0 Å². The van der Waals surface area contributed by atoms with Crippen LogP contribution >= 0.6 is 0 Å². The third-order valence-corrected chi connectivity index (χ3v) is 3.30. The number of nitrogens with zero attached hydrogens (tertiary/aromatic N) is 4. The van der Waals surface area contributed by atoms with Gasteiger partial charge in [0.1, 0.15) is 23.7 Å². The van der Waals surface area contributed by atoms with Gasteiger partial charge in [0.05, 0.1) is 0 Å². The Labute approximate surface area is 93.5 Å². The minimum absolute atomic E-state index is 0.446. The highest BCUT2D eigenvalue weighted by atomic mass is 15.1. The Morgan fingerprint density at radius 3 is 2.94 bits per heavy atom. The Morgan fingerprint density at radius 1 is 1.38 bits per heavy atom. The van der Waals surface area contributed by atoms with E-state index in [1.54, 1.807) is 12.5 Å². The predicted octanol–water partition coefficient (Wildman–Crippen LogP) is 2.42. The van der Waals surface area contributed by atoms with Crippen molar-refractivity contribution in [3.8, 4) is 6.07 Å². The van der Waals surface area contributed by atoms with Crippen molar-refractivity contribution >= 4 is 11.0 Å². The van der Waals surface area contributed by atoms with E-state index in [1.165, 1.54) is 12.8 Å². The lowest BCUT2D eigenvalue weighted by atomic mass is 10.2. The van der Waals surface area contributed by atoms with Crippen LogP contribution in [0.4, 0.5) is 0 Å². The number of hydrogen-bond acceptors (Lipinski definition) is 3. The highest BCUT2D eigenvalue weighted by molar-refractivity contribution is 5.77. The van der Waals surface area contributed by atoms with Crippen molar-refractivity contribution in [3.05, 3.63) is 24.3 Å². The van der Waals surface area contributed by atoms with Crippen LogP contribution in [0.5, 0.6) is 0 Å². The van der Waals surface area contributed by atoms with E-state index in [9.17, 15) is 0 Å². The quantitative estimate of drug-likeness (QED) is 0.729. The Bertz CT molecular complexity index is 558. The fourth-order valence-corrected chi connectivity index (χ4v) is 2.59. The van der Waals surface area contributed by atoms with Crippen molar-refractivity contribution in [3.63, 3.8) is 0 Å². The summed E-state index contributed by atoms with van der Waals surface area (Å²) in [5.41, 5.74) is 1.61. The summed E-state index contributed by atoms with van der Waals surface area (Å²) in [5, 5.41) is 10.1. The molecule has 4 nitrogen and oxygen atoms in total. The van der Waals surface area contributed by atoms with Gasteiger partial charge >= 0.3 is 0 Å². The Balaban J connectivity index is 2.23. The van der Waals surface area contributed by atoms with Gasteiger partial charge in [-0.1, -0.05) is 12.8 Å². The van der Waals surface area contributed by atoms with Gasteiger partial charge in [0, 0.05) is 17.6 Å². The molecule has 2 aromatic rings. The number of hydrogen-bond donors (Lipinski definition) is 0. The van der Waals surface area contributed by atoms with Crippen molar-refractivity contribution < 1.29 is 0 Å². The highest BCUT2D eigenvalue weighted by Gasteiger charge is 2.21. The first-order valence-corrected chi connectivity index (χ1v) is 5.61. The maximum absolute atomic E-state index is 9.16. The smallest absolute Gasteiger partial charge is 0.144 e. The second kappa shape index (κ2) is 3.60.